The number of benzene rings is 1. The molecule has 1 aliphatic rings. The summed E-state index contributed by atoms with van der Waals surface area (Å²) in [6.07, 6.45) is 3.93. The lowest BCUT2D eigenvalue weighted by Crippen LogP contribution is -2.53. The molecule has 2 atom stereocenters. The van der Waals surface area contributed by atoms with Gasteiger partial charge >= 0.3 is 0 Å². The summed E-state index contributed by atoms with van der Waals surface area (Å²) in [5.74, 6) is 0.440. The number of nitrogens with one attached hydrogen (secondary N) is 1. The van der Waals surface area contributed by atoms with E-state index in [1.54, 1.807) is 0 Å². The van der Waals surface area contributed by atoms with Gasteiger partial charge in [-0.15, -0.1) is 0 Å². The molecule has 1 saturated carbocycles. The van der Waals surface area contributed by atoms with Gasteiger partial charge in [0, 0.05) is 10.0 Å². The molecule has 2 unspecified atom stereocenters. The quantitative estimate of drug-likeness (QED) is 0.886. The van der Waals surface area contributed by atoms with Gasteiger partial charge < -0.3 is 10.4 Å². The summed E-state index contributed by atoms with van der Waals surface area (Å²) < 4.78 is 0.931. The van der Waals surface area contributed by atoms with E-state index in [2.05, 4.69) is 28.2 Å². The van der Waals surface area contributed by atoms with Crippen LogP contribution in [-0.4, -0.2) is 23.2 Å². The summed E-state index contributed by atoms with van der Waals surface area (Å²) in [4.78, 5) is 12.4. The molecule has 1 aromatic carbocycles. The zero-order valence-electron chi connectivity index (χ0n) is 12.1. The van der Waals surface area contributed by atoms with Crippen molar-refractivity contribution < 1.29 is 9.90 Å². The third kappa shape index (κ3) is 3.41. The Morgan fingerprint density at radius 2 is 2.30 bits per heavy atom. The van der Waals surface area contributed by atoms with E-state index < -0.39 is 5.54 Å². The van der Waals surface area contributed by atoms with E-state index in [4.69, 9.17) is 0 Å². The monoisotopic (exact) mass is 339 g/mol. The molecule has 0 heterocycles. The first-order chi connectivity index (χ1) is 9.46. The highest BCUT2D eigenvalue weighted by Gasteiger charge is 2.35. The maximum Gasteiger partial charge on any atom is 0.251 e. The van der Waals surface area contributed by atoms with E-state index in [9.17, 15) is 9.90 Å². The van der Waals surface area contributed by atoms with Gasteiger partial charge in [0.25, 0.3) is 5.91 Å². The Balaban J connectivity index is 2.14. The SMILES string of the molecule is Cc1ccc(C(=O)NC2(CO)CCCC(C)C2)cc1Br. The molecule has 0 spiro atoms. The van der Waals surface area contributed by atoms with Crippen LogP contribution in [0.3, 0.4) is 0 Å². The Morgan fingerprint density at radius 3 is 2.90 bits per heavy atom. The number of aryl methyl sites for hydroxylation is 1. The minimum atomic E-state index is -0.452. The molecule has 4 heteroatoms. The predicted molar refractivity (Wildman–Crippen MR) is 83.8 cm³/mol. The molecule has 1 fully saturated rings. The van der Waals surface area contributed by atoms with Crippen LogP contribution in [0, 0.1) is 12.8 Å². The van der Waals surface area contributed by atoms with Crippen molar-refractivity contribution in [1.29, 1.82) is 0 Å². The second-order valence-corrected chi connectivity index (χ2v) is 6.91. The van der Waals surface area contributed by atoms with Gasteiger partial charge in [0.2, 0.25) is 0 Å². The Hall–Kier alpha value is -0.870. The fourth-order valence-electron chi connectivity index (χ4n) is 3.00. The summed E-state index contributed by atoms with van der Waals surface area (Å²) in [6, 6.07) is 5.59. The second-order valence-electron chi connectivity index (χ2n) is 6.06. The summed E-state index contributed by atoms with van der Waals surface area (Å²) >= 11 is 3.45. The molecule has 0 aliphatic heterocycles. The fourth-order valence-corrected chi connectivity index (χ4v) is 3.38. The van der Waals surface area contributed by atoms with Crippen molar-refractivity contribution in [3.8, 4) is 0 Å². The van der Waals surface area contributed by atoms with Crippen molar-refractivity contribution in [1.82, 2.24) is 5.32 Å². The van der Waals surface area contributed by atoms with E-state index in [1.165, 1.54) is 6.42 Å². The van der Waals surface area contributed by atoms with Crippen molar-refractivity contribution in [2.75, 3.05) is 6.61 Å². The van der Waals surface area contributed by atoms with Crippen molar-refractivity contribution in [2.24, 2.45) is 5.92 Å². The third-order valence-corrected chi connectivity index (χ3v) is 5.06. The van der Waals surface area contributed by atoms with Crippen molar-refractivity contribution in [3.63, 3.8) is 0 Å². The largest absolute Gasteiger partial charge is 0.394 e. The van der Waals surface area contributed by atoms with Gasteiger partial charge in [-0.3, -0.25) is 4.79 Å². The number of halogens is 1. The number of carbonyl (C=O) groups is 1. The molecular weight excluding hydrogens is 318 g/mol. The Morgan fingerprint density at radius 1 is 1.55 bits per heavy atom. The van der Waals surface area contributed by atoms with Gasteiger partial charge in [-0.1, -0.05) is 41.8 Å². The molecule has 110 valence electrons. The topological polar surface area (TPSA) is 49.3 Å². The molecular formula is C16H22BrNO2. The highest BCUT2D eigenvalue weighted by atomic mass is 79.9. The van der Waals surface area contributed by atoms with E-state index in [0.717, 1.165) is 29.3 Å². The molecule has 0 bridgehead atoms. The molecule has 1 aromatic rings. The van der Waals surface area contributed by atoms with Crippen LogP contribution in [0.2, 0.25) is 0 Å². The van der Waals surface area contributed by atoms with Crippen LogP contribution in [0.15, 0.2) is 22.7 Å². The van der Waals surface area contributed by atoms with Crippen LogP contribution in [0.1, 0.15) is 48.5 Å². The van der Waals surface area contributed by atoms with Crippen molar-refractivity contribution in [2.45, 2.75) is 45.1 Å². The lowest BCUT2D eigenvalue weighted by Gasteiger charge is -2.39. The predicted octanol–water partition coefficient (Wildman–Crippen LogP) is 3.43. The van der Waals surface area contributed by atoms with Crippen molar-refractivity contribution in [3.05, 3.63) is 33.8 Å². The van der Waals surface area contributed by atoms with Gasteiger partial charge in [-0.2, -0.15) is 0 Å². The van der Waals surface area contributed by atoms with E-state index in [0.29, 0.717) is 11.5 Å². The molecule has 0 radical (unpaired) electrons. The summed E-state index contributed by atoms with van der Waals surface area (Å²) in [7, 11) is 0. The summed E-state index contributed by atoms with van der Waals surface area (Å²) in [6.45, 7) is 4.18. The maximum absolute atomic E-state index is 12.4. The zero-order chi connectivity index (χ0) is 14.8. The fraction of sp³-hybridized carbons (Fsp3) is 0.562. The number of aliphatic hydroxyl groups excluding tert-OH is 1. The third-order valence-electron chi connectivity index (χ3n) is 4.21. The normalized spacial score (nSPS) is 26.3. The first kappa shape index (κ1) is 15.5. The summed E-state index contributed by atoms with van der Waals surface area (Å²) in [5, 5.41) is 12.8. The zero-order valence-corrected chi connectivity index (χ0v) is 13.7. The molecule has 0 aromatic heterocycles. The average Bonchev–Trinajstić information content (AvgIpc) is 2.41. The standard InChI is InChI=1S/C16H22BrNO2/c1-11-4-3-7-16(9-11,10-19)18-15(20)13-6-5-12(2)14(17)8-13/h5-6,8,11,19H,3-4,7,9-10H2,1-2H3,(H,18,20). The number of rotatable bonds is 3. The number of aliphatic hydroxyl groups is 1. The average molecular weight is 340 g/mol. The maximum atomic E-state index is 12.4. The Labute approximate surface area is 128 Å². The minimum absolute atomic E-state index is 0.0100. The van der Waals surface area contributed by atoms with Crippen LogP contribution >= 0.6 is 15.9 Å². The van der Waals surface area contributed by atoms with Crippen LogP contribution in [0.5, 0.6) is 0 Å². The summed E-state index contributed by atoms with van der Waals surface area (Å²) in [5.41, 5.74) is 1.28. The number of hydrogen-bond acceptors (Lipinski definition) is 2. The molecule has 20 heavy (non-hydrogen) atoms. The number of amides is 1. The van der Waals surface area contributed by atoms with Gasteiger partial charge in [-0.05, 0) is 43.4 Å². The van der Waals surface area contributed by atoms with Crippen molar-refractivity contribution >= 4 is 21.8 Å². The highest BCUT2D eigenvalue weighted by Crippen LogP contribution is 2.32. The number of carbonyl (C=O) groups excluding carboxylic acids is 1. The molecule has 1 amide bonds. The highest BCUT2D eigenvalue weighted by molar-refractivity contribution is 9.10. The van der Waals surface area contributed by atoms with E-state index >= 15 is 0 Å². The van der Waals surface area contributed by atoms with Gasteiger partial charge in [0.05, 0.1) is 12.1 Å². The van der Waals surface area contributed by atoms with Crippen LogP contribution < -0.4 is 5.32 Å². The van der Waals surface area contributed by atoms with Crippen LogP contribution in [0.25, 0.3) is 0 Å². The Kier molecular flexibility index (Phi) is 4.86. The van der Waals surface area contributed by atoms with Gasteiger partial charge in [0.15, 0.2) is 0 Å². The molecule has 2 rings (SSSR count). The molecule has 0 saturated heterocycles. The van der Waals surface area contributed by atoms with E-state index in [1.807, 2.05) is 25.1 Å². The van der Waals surface area contributed by atoms with Crippen LogP contribution in [-0.2, 0) is 0 Å². The number of hydrogen-bond donors (Lipinski definition) is 2. The minimum Gasteiger partial charge on any atom is -0.394 e. The first-order valence-corrected chi connectivity index (χ1v) is 7.94. The van der Waals surface area contributed by atoms with Gasteiger partial charge in [0.1, 0.15) is 0 Å². The Bertz CT molecular complexity index is 503. The first-order valence-electron chi connectivity index (χ1n) is 7.15. The molecule has 2 N–H and O–H groups in total. The molecule has 3 nitrogen and oxygen atoms in total. The molecule has 1 aliphatic carbocycles. The lowest BCUT2D eigenvalue weighted by molar-refractivity contribution is 0.0697. The van der Waals surface area contributed by atoms with Gasteiger partial charge in [-0.25, -0.2) is 0 Å². The lowest BCUT2D eigenvalue weighted by atomic mass is 9.76. The smallest absolute Gasteiger partial charge is 0.251 e. The van der Waals surface area contributed by atoms with E-state index in [-0.39, 0.29) is 12.5 Å². The second kappa shape index (κ2) is 6.27. The van der Waals surface area contributed by atoms with Crippen LogP contribution in [0.4, 0.5) is 0 Å².